The average molecular weight is 251 g/mol. The summed E-state index contributed by atoms with van der Waals surface area (Å²) in [6, 6.07) is 9.64. The largest absolute Gasteiger partial charge is 0.351 e. The van der Waals surface area contributed by atoms with E-state index in [0.717, 1.165) is 5.56 Å². The van der Waals surface area contributed by atoms with Gasteiger partial charge in [-0.15, -0.1) is 0 Å². The van der Waals surface area contributed by atoms with Gasteiger partial charge in [-0.1, -0.05) is 30.3 Å². The molecule has 0 bridgehead atoms. The molecule has 4 heteroatoms. The Kier molecular flexibility index (Phi) is 7.06. The van der Waals surface area contributed by atoms with Crippen molar-refractivity contribution in [2.45, 2.75) is 26.6 Å². The second-order valence-electron chi connectivity index (χ2n) is 3.81. The van der Waals surface area contributed by atoms with Crippen LogP contribution in [0, 0.1) is 0 Å². The maximum absolute atomic E-state index is 11.7. The monoisotopic (exact) mass is 251 g/mol. The molecule has 0 atom stereocenters. The first-order valence-corrected chi connectivity index (χ1v) is 6.30. The van der Waals surface area contributed by atoms with Crippen molar-refractivity contribution < 1.29 is 14.3 Å². The van der Waals surface area contributed by atoms with Gasteiger partial charge in [0.25, 0.3) is 0 Å². The number of hydrogen-bond donors (Lipinski definition) is 1. The van der Waals surface area contributed by atoms with Crippen LogP contribution in [0.4, 0.5) is 0 Å². The molecule has 0 heterocycles. The van der Waals surface area contributed by atoms with Gasteiger partial charge >= 0.3 is 0 Å². The zero-order chi connectivity index (χ0) is 13.2. The molecule has 0 spiro atoms. The van der Waals surface area contributed by atoms with Crippen LogP contribution in [-0.2, 0) is 20.7 Å². The van der Waals surface area contributed by atoms with E-state index in [4.69, 9.17) is 9.47 Å². The molecule has 100 valence electrons. The molecule has 18 heavy (non-hydrogen) atoms. The highest BCUT2D eigenvalue weighted by atomic mass is 16.7. The minimum atomic E-state index is -0.361. The Morgan fingerprint density at radius 3 is 2.33 bits per heavy atom. The molecule has 0 aliphatic heterocycles. The lowest BCUT2D eigenvalue weighted by Crippen LogP contribution is -2.36. The Bertz CT molecular complexity index is 334. The molecule has 1 rings (SSSR count). The van der Waals surface area contributed by atoms with Crippen LogP contribution < -0.4 is 5.32 Å². The maximum Gasteiger partial charge on any atom is 0.224 e. The van der Waals surface area contributed by atoms with Crippen molar-refractivity contribution in [1.29, 1.82) is 0 Å². The number of carbonyl (C=O) groups excluding carboxylic acids is 1. The van der Waals surface area contributed by atoms with Crippen molar-refractivity contribution in [3.63, 3.8) is 0 Å². The van der Waals surface area contributed by atoms with Gasteiger partial charge in [0.1, 0.15) is 0 Å². The highest BCUT2D eigenvalue weighted by Gasteiger charge is 2.10. The maximum atomic E-state index is 11.7. The van der Waals surface area contributed by atoms with Gasteiger partial charge in [-0.2, -0.15) is 0 Å². The van der Waals surface area contributed by atoms with Gasteiger partial charge < -0.3 is 14.8 Å². The molecular weight excluding hydrogens is 230 g/mol. The van der Waals surface area contributed by atoms with Crippen LogP contribution in [-0.4, -0.2) is 32.0 Å². The molecule has 0 radical (unpaired) electrons. The number of rotatable bonds is 8. The molecule has 4 nitrogen and oxygen atoms in total. The van der Waals surface area contributed by atoms with Crippen molar-refractivity contribution in [1.82, 2.24) is 5.32 Å². The highest BCUT2D eigenvalue weighted by Crippen LogP contribution is 1.99. The first kappa shape index (κ1) is 14.7. The van der Waals surface area contributed by atoms with Crippen LogP contribution in [0.2, 0.25) is 0 Å². The Balaban J connectivity index is 2.31. The van der Waals surface area contributed by atoms with Gasteiger partial charge in [-0.05, 0) is 19.4 Å². The molecule has 1 aromatic carbocycles. The summed E-state index contributed by atoms with van der Waals surface area (Å²) in [5, 5.41) is 2.81. The SMILES string of the molecule is CCOC(CNC(=O)Cc1ccccc1)OCC. The van der Waals surface area contributed by atoms with E-state index in [9.17, 15) is 4.79 Å². The summed E-state index contributed by atoms with van der Waals surface area (Å²) in [6.45, 7) is 5.32. The predicted octanol–water partition coefficient (Wildman–Crippen LogP) is 1.74. The van der Waals surface area contributed by atoms with Crippen LogP contribution in [0.5, 0.6) is 0 Å². The van der Waals surface area contributed by atoms with E-state index in [-0.39, 0.29) is 12.2 Å². The van der Waals surface area contributed by atoms with Crippen molar-refractivity contribution in [2.75, 3.05) is 19.8 Å². The Hall–Kier alpha value is -1.39. The highest BCUT2D eigenvalue weighted by molar-refractivity contribution is 5.78. The van der Waals surface area contributed by atoms with Crippen LogP contribution in [0.25, 0.3) is 0 Å². The standard InChI is InChI=1S/C14H21NO3/c1-3-17-14(18-4-2)11-15-13(16)10-12-8-6-5-7-9-12/h5-9,14H,3-4,10-11H2,1-2H3,(H,15,16). The van der Waals surface area contributed by atoms with E-state index in [0.29, 0.717) is 26.2 Å². The molecular formula is C14H21NO3. The van der Waals surface area contributed by atoms with E-state index >= 15 is 0 Å². The van der Waals surface area contributed by atoms with Crippen molar-refractivity contribution in [2.24, 2.45) is 0 Å². The number of ether oxygens (including phenoxy) is 2. The number of hydrogen-bond acceptors (Lipinski definition) is 3. The third-order valence-electron chi connectivity index (χ3n) is 2.38. The fraction of sp³-hybridized carbons (Fsp3) is 0.500. The fourth-order valence-corrected chi connectivity index (χ4v) is 1.58. The number of benzene rings is 1. The first-order chi connectivity index (χ1) is 8.76. The summed E-state index contributed by atoms with van der Waals surface area (Å²) in [7, 11) is 0. The number of carbonyl (C=O) groups is 1. The van der Waals surface area contributed by atoms with Gasteiger partial charge in [0.05, 0.1) is 13.0 Å². The normalized spacial score (nSPS) is 10.6. The Labute approximate surface area is 108 Å². The van der Waals surface area contributed by atoms with Crippen molar-refractivity contribution in [3.8, 4) is 0 Å². The second kappa shape index (κ2) is 8.66. The summed E-state index contributed by atoms with van der Waals surface area (Å²) in [5.41, 5.74) is 0.999. The minimum absolute atomic E-state index is 0.0226. The molecule has 0 aliphatic carbocycles. The zero-order valence-corrected chi connectivity index (χ0v) is 11.0. The summed E-state index contributed by atoms with van der Waals surface area (Å²) < 4.78 is 10.7. The molecule has 0 unspecified atom stereocenters. The fourth-order valence-electron chi connectivity index (χ4n) is 1.58. The molecule has 1 amide bonds. The lowest BCUT2D eigenvalue weighted by molar-refractivity contribution is -0.140. The van der Waals surface area contributed by atoms with E-state index in [1.165, 1.54) is 0 Å². The topological polar surface area (TPSA) is 47.6 Å². The lowest BCUT2D eigenvalue weighted by Gasteiger charge is -2.17. The third kappa shape index (κ3) is 5.80. The van der Waals surface area contributed by atoms with Crippen LogP contribution >= 0.6 is 0 Å². The summed E-state index contributed by atoms with van der Waals surface area (Å²) in [5.74, 6) is -0.0226. The molecule has 0 fully saturated rings. The summed E-state index contributed by atoms with van der Waals surface area (Å²) in [4.78, 5) is 11.7. The van der Waals surface area contributed by atoms with Crippen LogP contribution in [0.1, 0.15) is 19.4 Å². The average Bonchev–Trinajstić information content (AvgIpc) is 2.38. The predicted molar refractivity (Wildman–Crippen MR) is 70.2 cm³/mol. The molecule has 1 N–H and O–H groups in total. The molecule has 0 aliphatic rings. The molecule has 0 saturated carbocycles. The van der Waals surface area contributed by atoms with Crippen LogP contribution in [0.3, 0.4) is 0 Å². The summed E-state index contributed by atoms with van der Waals surface area (Å²) in [6.07, 6.45) is 0.0194. The van der Waals surface area contributed by atoms with Gasteiger partial charge in [-0.25, -0.2) is 0 Å². The van der Waals surface area contributed by atoms with Gasteiger partial charge in [-0.3, -0.25) is 4.79 Å². The third-order valence-corrected chi connectivity index (χ3v) is 2.38. The van der Waals surface area contributed by atoms with E-state index in [2.05, 4.69) is 5.32 Å². The summed E-state index contributed by atoms with van der Waals surface area (Å²) >= 11 is 0. The Morgan fingerprint density at radius 2 is 1.78 bits per heavy atom. The van der Waals surface area contributed by atoms with E-state index in [1.807, 2.05) is 44.2 Å². The van der Waals surface area contributed by atoms with Crippen molar-refractivity contribution in [3.05, 3.63) is 35.9 Å². The molecule has 0 saturated heterocycles. The van der Waals surface area contributed by atoms with E-state index in [1.54, 1.807) is 0 Å². The van der Waals surface area contributed by atoms with Gasteiger partial charge in [0, 0.05) is 13.2 Å². The van der Waals surface area contributed by atoms with Crippen LogP contribution in [0.15, 0.2) is 30.3 Å². The smallest absolute Gasteiger partial charge is 0.224 e. The second-order valence-corrected chi connectivity index (χ2v) is 3.81. The van der Waals surface area contributed by atoms with Gasteiger partial charge in [0.15, 0.2) is 6.29 Å². The lowest BCUT2D eigenvalue weighted by atomic mass is 10.1. The van der Waals surface area contributed by atoms with Crippen molar-refractivity contribution >= 4 is 5.91 Å². The quantitative estimate of drug-likeness (QED) is 0.716. The molecule has 0 aromatic heterocycles. The number of nitrogens with one attached hydrogen (secondary N) is 1. The first-order valence-electron chi connectivity index (χ1n) is 6.30. The van der Waals surface area contributed by atoms with Gasteiger partial charge in [0.2, 0.25) is 5.91 Å². The molecule has 1 aromatic rings. The zero-order valence-electron chi connectivity index (χ0n) is 11.0. The number of amides is 1. The Morgan fingerprint density at radius 1 is 1.17 bits per heavy atom. The van der Waals surface area contributed by atoms with E-state index < -0.39 is 0 Å². The minimum Gasteiger partial charge on any atom is -0.351 e.